The Hall–Kier alpha value is -2.92. The zero-order chi connectivity index (χ0) is 20.6. The van der Waals surface area contributed by atoms with Gasteiger partial charge in [-0.25, -0.2) is 0 Å². The van der Waals surface area contributed by atoms with E-state index in [0.717, 1.165) is 30.8 Å². The number of nitrogens with zero attached hydrogens (tertiary/aromatic N) is 3. The minimum Gasteiger partial charge on any atom is -0.348 e. The summed E-state index contributed by atoms with van der Waals surface area (Å²) < 4.78 is 1.89. The van der Waals surface area contributed by atoms with E-state index >= 15 is 0 Å². The maximum absolute atomic E-state index is 12.5. The molecule has 0 saturated carbocycles. The summed E-state index contributed by atoms with van der Waals surface area (Å²) in [6.07, 6.45) is 3.72. The van der Waals surface area contributed by atoms with Gasteiger partial charge in [0, 0.05) is 37.1 Å². The Morgan fingerprint density at radius 1 is 1.07 bits per heavy atom. The van der Waals surface area contributed by atoms with E-state index in [1.807, 2.05) is 53.3 Å². The third-order valence-electron chi connectivity index (χ3n) is 5.09. The topological polar surface area (TPSA) is 50.2 Å². The number of nitrogens with one attached hydrogen (secondary N) is 1. The number of hydrogen-bond acceptors (Lipinski definition) is 3. The summed E-state index contributed by atoms with van der Waals surface area (Å²) >= 11 is 0. The van der Waals surface area contributed by atoms with Crippen molar-refractivity contribution < 1.29 is 4.79 Å². The monoisotopic (exact) mass is 390 g/mol. The molecule has 5 heteroatoms. The Labute approximate surface area is 173 Å². The van der Waals surface area contributed by atoms with Crippen LogP contribution in [-0.2, 0) is 19.6 Å². The highest BCUT2D eigenvalue weighted by atomic mass is 16.1. The van der Waals surface area contributed by atoms with Crippen LogP contribution in [0.3, 0.4) is 0 Å². The van der Waals surface area contributed by atoms with Crippen LogP contribution in [0.5, 0.6) is 0 Å². The molecule has 1 heterocycles. The van der Waals surface area contributed by atoms with Crippen molar-refractivity contribution in [2.75, 3.05) is 6.54 Å². The predicted octanol–water partition coefficient (Wildman–Crippen LogP) is 4.09. The summed E-state index contributed by atoms with van der Waals surface area (Å²) in [5, 5.41) is 7.26. The van der Waals surface area contributed by atoms with Crippen molar-refractivity contribution in [1.29, 1.82) is 0 Å². The van der Waals surface area contributed by atoms with E-state index < -0.39 is 0 Å². The number of amides is 1. The third kappa shape index (κ3) is 6.03. The Bertz CT molecular complexity index is 901. The summed E-state index contributed by atoms with van der Waals surface area (Å²) in [6, 6.07) is 18.6. The zero-order valence-corrected chi connectivity index (χ0v) is 17.5. The van der Waals surface area contributed by atoms with Gasteiger partial charge in [-0.05, 0) is 55.3 Å². The van der Waals surface area contributed by atoms with Gasteiger partial charge in [0.05, 0.1) is 6.54 Å². The fourth-order valence-electron chi connectivity index (χ4n) is 3.36. The molecule has 0 aliphatic carbocycles. The van der Waals surface area contributed by atoms with E-state index in [1.165, 1.54) is 5.56 Å². The van der Waals surface area contributed by atoms with Crippen LogP contribution in [0.25, 0.3) is 0 Å². The molecule has 0 saturated heterocycles. The van der Waals surface area contributed by atoms with Crippen molar-refractivity contribution in [3.8, 4) is 0 Å². The van der Waals surface area contributed by atoms with Gasteiger partial charge in [-0.2, -0.15) is 5.10 Å². The third-order valence-corrected chi connectivity index (χ3v) is 5.09. The second-order valence-electron chi connectivity index (χ2n) is 7.56. The Morgan fingerprint density at radius 2 is 1.83 bits per heavy atom. The summed E-state index contributed by atoms with van der Waals surface area (Å²) in [6.45, 7) is 9.72. The molecule has 3 aromatic rings. The number of carbonyl (C=O) groups excluding carboxylic acids is 1. The summed E-state index contributed by atoms with van der Waals surface area (Å²) in [5.41, 5.74) is 4.16. The van der Waals surface area contributed by atoms with Gasteiger partial charge < -0.3 is 5.32 Å². The normalized spacial score (nSPS) is 11.2. The first-order valence-electron chi connectivity index (χ1n) is 10.2. The van der Waals surface area contributed by atoms with Gasteiger partial charge in [0.25, 0.3) is 5.91 Å². The molecule has 0 fully saturated rings. The van der Waals surface area contributed by atoms with E-state index in [4.69, 9.17) is 0 Å². The van der Waals surface area contributed by atoms with Gasteiger partial charge in [-0.15, -0.1) is 0 Å². The highest BCUT2D eigenvalue weighted by molar-refractivity contribution is 5.94. The number of hydrogen-bond donors (Lipinski definition) is 1. The molecular weight excluding hydrogens is 360 g/mol. The summed E-state index contributed by atoms with van der Waals surface area (Å²) in [4.78, 5) is 14.9. The van der Waals surface area contributed by atoms with Crippen LogP contribution in [0.2, 0.25) is 0 Å². The fraction of sp³-hybridized carbons (Fsp3) is 0.333. The van der Waals surface area contributed by atoms with Crippen LogP contribution in [0.1, 0.15) is 47.8 Å². The van der Waals surface area contributed by atoms with Crippen molar-refractivity contribution in [3.05, 3.63) is 89.2 Å². The lowest BCUT2D eigenvalue weighted by Gasteiger charge is -2.24. The van der Waals surface area contributed by atoms with Crippen LogP contribution in [0.15, 0.2) is 67.0 Å². The molecule has 1 amide bonds. The van der Waals surface area contributed by atoms with Gasteiger partial charge in [0.2, 0.25) is 0 Å². The highest BCUT2D eigenvalue weighted by Crippen LogP contribution is 2.11. The predicted molar refractivity (Wildman–Crippen MR) is 117 cm³/mol. The van der Waals surface area contributed by atoms with Crippen LogP contribution in [0, 0.1) is 0 Å². The van der Waals surface area contributed by atoms with Crippen LogP contribution < -0.4 is 5.32 Å². The molecule has 5 nitrogen and oxygen atoms in total. The van der Waals surface area contributed by atoms with Crippen LogP contribution >= 0.6 is 0 Å². The molecule has 0 atom stereocenters. The highest BCUT2D eigenvalue weighted by Gasteiger charge is 2.09. The molecule has 1 N–H and O–H groups in total. The van der Waals surface area contributed by atoms with E-state index in [-0.39, 0.29) is 5.91 Å². The summed E-state index contributed by atoms with van der Waals surface area (Å²) in [7, 11) is 0. The number of benzene rings is 2. The SMILES string of the molecule is CCN(Cc1ccc(C(=O)NCc2cccc(Cn3cccn3)c2)cc1)C(C)C. The molecule has 0 unspecified atom stereocenters. The first-order valence-corrected chi connectivity index (χ1v) is 10.2. The number of rotatable bonds is 9. The van der Waals surface area contributed by atoms with Crippen molar-refractivity contribution in [1.82, 2.24) is 20.0 Å². The molecular formula is C24H30N4O. The van der Waals surface area contributed by atoms with Gasteiger partial charge in [-0.3, -0.25) is 14.4 Å². The largest absolute Gasteiger partial charge is 0.348 e. The standard InChI is InChI=1S/C24H30N4O/c1-4-27(19(2)3)17-20-9-11-23(12-10-20)24(29)25-16-21-7-5-8-22(15-21)18-28-14-6-13-26-28/h5-15,19H,4,16-18H2,1-3H3,(H,25,29). The second kappa shape index (κ2) is 10.0. The van der Waals surface area contributed by atoms with Crippen LogP contribution in [-0.4, -0.2) is 33.2 Å². The number of aromatic nitrogens is 2. The average Bonchev–Trinajstić information content (AvgIpc) is 3.23. The van der Waals surface area contributed by atoms with Crippen LogP contribution in [0.4, 0.5) is 0 Å². The molecule has 1 aromatic heterocycles. The lowest BCUT2D eigenvalue weighted by molar-refractivity contribution is 0.0951. The van der Waals surface area contributed by atoms with E-state index in [9.17, 15) is 4.79 Å². The van der Waals surface area contributed by atoms with Crippen molar-refractivity contribution >= 4 is 5.91 Å². The molecule has 0 spiro atoms. The van der Waals surface area contributed by atoms with Gasteiger partial charge >= 0.3 is 0 Å². The first kappa shape index (κ1) is 20.8. The molecule has 0 aliphatic rings. The average molecular weight is 391 g/mol. The molecule has 0 radical (unpaired) electrons. The lowest BCUT2D eigenvalue weighted by Crippen LogP contribution is -2.30. The Kier molecular flexibility index (Phi) is 7.19. The smallest absolute Gasteiger partial charge is 0.251 e. The fourth-order valence-corrected chi connectivity index (χ4v) is 3.36. The molecule has 3 rings (SSSR count). The maximum atomic E-state index is 12.5. The first-order chi connectivity index (χ1) is 14.0. The molecule has 2 aromatic carbocycles. The quantitative estimate of drug-likeness (QED) is 0.599. The minimum atomic E-state index is -0.0507. The van der Waals surface area contributed by atoms with E-state index in [1.54, 1.807) is 6.20 Å². The molecule has 152 valence electrons. The van der Waals surface area contributed by atoms with Crippen molar-refractivity contribution in [2.24, 2.45) is 0 Å². The summed E-state index contributed by atoms with van der Waals surface area (Å²) in [5.74, 6) is -0.0507. The van der Waals surface area contributed by atoms with Gasteiger partial charge in [-0.1, -0.05) is 43.3 Å². The van der Waals surface area contributed by atoms with Crippen molar-refractivity contribution in [3.63, 3.8) is 0 Å². The molecule has 0 aliphatic heterocycles. The maximum Gasteiger partial charge on any atom is 0.251 e. The lowest BCUT2D eigenvalue weighted by atomic mass is 10.1. The minimum absolute atomic E-state index is 0.0507. The Morgan fingerprint density at radius 3 is 2.48 bits per heavy atom. The van der Waals surface area contributed by atoms with Crippen molar-refractivity contribution in [2.45, 2.75) is 46.4 Å². The number of carbonyl (C=O) groups is 1. The van der Waals surface area contributed by atoms with E-state index in [0.29, 0.717) is 18.2 Å². The Balaban J connectivity index is 1.55. The second-order valence-corrected chi connectivity index (χ2v) is 7.56. The molecule has 0 bridgehead atoms. The zero-order valence-electron chi connectivity index (χ0n) is 17.5. The van der Waals surface area contributed by atoms with E-state index in [2.05, 4.69) is 48.2 Å². The van der Waals surface area contributed by atoms with Gasteiger partial charge in [0.1, 0.15) is 0 Å². The van der Waals surface area contributed by atoms with Gasteiger partial charge in [0.15, 0.2) is 0 Å². The molecule has 29 heavy (non-hydrogen) atoms.